The van der Waals surface area contributed by atoms with Crippen LogP contribution in [0.1, 0.15) is 5.56 Å². The van der Waals surface area contributed by atoms with Crippen LogP contribution in [0, 0.1) is 12.7 Å². The average molecular weight is 217 g/mol. The van der Waals surface area contributed by atoms with Crippen LogP contribution >= 0.6 is 0 Å². The van der Waals surface area contributed by atoms with Gasteiger partial charge >= 0.3 is 0 Å². The van der Waals surface area contributed by atoms with Crippen LogP contribution in [-0.2, 0) is 0 Å². The summed E-state index contributed by atoms with van der Waals surface area (Å²) < 4.78 is 13.1. The van der Waals surface area contributed by atoms with Crippen molar-refractivity contribution in [3.8, 4) is 11.3 Å². The number of hydrogen-bond acceptors (Lipinski definition) is 3. The van der Waals surface area contributed by atoms with Crippen molar-refractivity contribution in [2.24, 2.45) is 0 Å². The lowest BCUT2D eigenvalue weighted by molar-refractivity contribution is 0.619. The summed E-state index contributed by atoms with van der Waals surface area (Å²) >= 11 is 0. The fourth-order valence-electron chi connectivity index (χ4n) is 1.46. The molecule has 0 saturated carbocycles. The first-order valence-corrected chi connectivity index (χ1v) is 4.97. The Morgan fingerprint density at radius 2 is 2.00 bits per heavy atom. The molecule has 0 saturated heterocycles. The summed E-state index contributed by atoms with van der Waals surface area (Å²) in [4.78, 5) is 8.18. The van der Waals surface area contributed by atoms with Gasteiger partial charge in [-0.25, -0.2) is 14.4 Å². The van der Waals surface area contributed by atoms with Crippen LogP contribution in [-0.4, -0.2) is 17.0 Å². The Labute approximate surface area is 93.4 Å². The molecule has 0 aliphatic rings. The Morgan fingerprint density at radius 3 is 2.69 bits per heavy atom. The fraction of sp³-hybridized carbons (Fsp3) is 0.167. The molecule has 0 aliphatic heterocycles. The minimum Gasteiger partial charge on any atom is -0.373 e. The standard InChI is InChI=1S/C12H12FN3/c1-8-5-9(3-4-10(8)13)11-6-12(14-2)16-7-15-11/h3-7H,1-2H3,(H,14,15,16). The van der Waals surface area contributed by atoms with Gasteiger partial charge in [0.25, 0.3) is 0 Å². The summed E-state index contributed by atoms with van der Waals surface area (Å²) in [5.74, 6) is 0.540. The SMILES string of the molecule is CNc1cc(-c2ccc(F)c(C)c2)ncn1. The van der Waals surface area contributed by atoms with E-state index >= 15 is 0 Å². The molecule has 1 aromatic carbocycles. The number of benzene rings is 1. The van der Waals surface area contributed by atoms with E-state index in [1.54, 1.807) is 26.1 Å². The number of aryl methyl sites for hydroxylation is 1. The molecule has 0 amide bonds. The van der Waals surface area contributed by atoms with Crippen molar-refractivity contribution >= 4 is 5.82 Å². The first-order chi connectivity index (χ1) is 7.70. The van der Waals surface area contributed by atoms with E-state index in [2.05, 4.69) is 15.3 Å². The molecular weight excluding hydrogens is 205 g/mol. The van der Waals surface area contributed by atoms with Gasteiger partial charge in [-0.15, -0.1) is 0 Å². The van der Waals surface area contributed by atoms with E-state index in [-0.39, 0.29) is 5.82 Å². The van der Waals surface area contributed by atoms with Gasteiger partial charge < -0.3 is 5.32 Å². The fourth-order valence-corrected chi connectivity index (χ4v) is 1.46. The molecule has 1 aromatic heterocycles. The van der Waals surface area contributed by atoms with Crippen molar-refractivity contribution in [2.75, 3.05) is 12.4 Å². The number of rotatable bonds is 2. The quantitative estimate of drug-likeness (QED) is 0.840. The van der Waals surface area contributed by atoms with E-state index in [0.717, 1.165) is 17.1 Å². The largest absolute Gasteiger partial charge is 0.373 e. The third-order valence-electron chi connectivity index (χ3n) is 2.38. The van der Waals surface area contributed by atoms with Crippen LogP contribution in [0.2, 0.25) is 0 Å². The van der Waals surface area contributed by atoms with E-state index in [9.17, 15) is 4.39 Å². The number of hydrogen-bond donors (Lipinski definition) is 1. The third-order valence-corrected chi connectivity index (χ3v) is 2.38. The Morgan fingerprint density at radius 1 is 1.19 bits per heavy atom. The normalized spacial score (nSPS) is 10.2. The highest BCUT2D eigenvalue weighted by molar-refractivity contribution is 5.62. The summed E-state index contributed by atoms with van der Waals surface area (Å²) in [6, 6.07) is 6.76. The molecular formula is C12H12FN3. The highest BCUT2D eigenvalue weighted by Gasteiger charge is 2.03. The number of anilines is 1. The maximum atomic E-state index is 13.1. The number of aromatic nitrogens is 2. The maximum Gasteiger partial charge on any atom is 0.129 e. The van der Waals surface area contributed by atoms with Crippen LogP contribution in [0.25, 0.3) is 11.3 Å². The second-order valence-electron chi connectivity index (χ2n) is 3.50. The molecule has 16 heavy (non-hydrogen) atoms. The van der Waals surface area contributed by atoms with Gasteiger partial charge in [-0.05, 0) is 30.7 Å². The first-order valence-electron chi connectivity index (χ1n) is 4.97. The zero-order chi connectivity index (χ0) is 11.5. The molecule has 2 rings (SSSR count). The van der Waals surface area contributed by atoms with Gasteiger partial charge in [-0.2, -0.15) is 0 Å². The predicted molar refractivity (Wildman–Crippen MR) is 61.7 cm³/mol. The summed E-state index contributed by atoms with van der Waals surface area (Å²) in [7, 11) is 1.79. The van der Waals surface area contributed by atoms with Gasteiger partial charge in [-0.1, -0.05) is 0 Å². The smallest absolute Gasteiger partial charge is 0.129 e. The van der Waals surface area contributed by atoms with E-state index < -0.39 is 0 Å². The summed E-state index contributed by atoms with van der Waals surface area (Å²) in [5.41, 5.74) is 2.28. The molecule has 0 unspecified atom stereocenters. The van der Waals surface area contributed by atoms with Crippen LogP contribution in [0.5, 0.6) is 0 Å². The minimum absolute atomic E-state index is 0.202. The molecule has 3 nitrogen and oxygen atoms in total. The van der Waals surface area contributed by atoms with Crippen molar-refractivity contribution in [3.63, 3.8) is 0 Å². The Kier molecular flexibility index (Phi) is 2.81. The van der Waals surface area contributed by atoms with Crippen LogP contribution in [0.15, 0.2) is 30.6 Å². The molecule has 0 spiro atoms. The van der Waals surface area contributed by atoms with Gasteiger partial charge in [0, 0.05) is 18.7 Å². The van der Waals surface area contributed by atoms with E-state index in [1.807, 2.05) is 6.07 Å². The molecule has 82 valence electrons. The summed E-state index contributed by atoms with van der Waals surface area (Å²) in [6.45, 7) is 1.74. The van der Waals surface area contributed by atoms with Gasteiger partial charge in [-0.3, -0.25) is 0 Å². The first kappa shape index (κ1) is 10.5. The average Bonchev–Trinajstić information content (AvgIpc) is 2.33. The van der Waals surface area contributed by atoms with Crippen molar-refractivity contribution in [3.05, 3.63) is 42.0 Å². The van der Waals surface area contributed by atoms with E-state index in [4.69, 9.17) is 0 Å². The molecule has 0 aliphatic carbocycles. The molecule has 0 atom stereocenters. The number of nitrogens with zero attached hydrogens (tertiary/aromatic N) is 2. The zero-order valence-corrected chi connectivity index (χ0v) is 9.16. The topological polar surface area (TPSA) is 37.8 Å². The second kappa shape index (κ2) is 4.26. The predicted octanol–water partition coefficient (Wildman–Crippen LogP) is 2.63. The Balaban J connectivity index is 2.46. The monoisotopic (exact) mass is 217 g/mol. The molecule has 1 N–H and O–H groups in total. The Bertz CT molecular complexity index is 511. The molecule has 0 bridgehead atoms. The van der Waals surface area contributed by atoms with E-state index in [1.165, 1.54) is 12.4 Å². The van der Waals surface area contributed by atoms with Crippen molar-refractivity contribution in [1.82, 2.24) is 9.97 Å². The molecule has 4 heteroatoms. The lowest BCUT2D eigenvalue weighted by Crippen LogP contribution is -1.94. The molecule has 1 heterocycles. The number of halogens is 1. The van der Waals surface area contributed by atoms with Crippen molar-refractivity contribution in [2.45, 2.75) is 6.92 Å². The highest BCUT2D eigenvalue weighted by atomic mass is 19.1. The van der Waals surface area contributed by atoms with Crippen LogP contribution in [0.3, 0.4) is 0 Å². The maximum absolute atomic E-state index is 13.1. The molecule has 0 fully saturated rings. The van der Waals surface area contributed by atoms with Crippen molar-refractivity contribution in [1.29, 1.82) is 0 Å². The number of nitrogens with one attached hydrogen (secondary N) is 1. The summed E-state index contributed by atoms with van der Waals surface area (Å²) in [6.07, 6.45) is 1.49. The highest BCUT2D eigenvalue weighted by Crippen LogP contribution is 2.20. The van der Waals surface area contributed by atoms with Gasteiger partial charge in [0.05, 0.1) is 5.69 Å². The lowest BCUT2D eigenvalue weighted by atomic mass is 10.1. The van der Waals surface area contributed by atoms with Gasteiger partial charge in [0.1, 0.15) is 18.0 Å². The third kappa shape index (κ3) is 2.00. The van der Waals surface area contributed by atoms with Crippen LogP contribution in [0.4, 0.5) is 10.2 Å². The lowest BCUT2D eigenvalue weighted by Gasteiger charge is -2.04. The van der Waals surface area contributed by atoms with E-state index in [0.29, 0.717) is 5.56 Å². The molecule has 2 aromatic rings. The Hall–Kier alpha value is -1.97. The second-order valence-corrected chi connectivity index (χ2v) is 3.50. The minimum atomic E-state index is -0.202. The zero-order valence-electron chi connectivity index (χ0n) is 9.16. The van der Waals surface area contributed by atoms with Gasteiger partial charge in [0.15, 0.2) is 0 Å². The van der Waals surface area contributed by atoms with Crippen molar-refractivity contribution < 1.29 is 4.39 Å². The van der Waals surface area contributed by atoms with Gasteiger partial charge in [0.2, 0.25) is 0 Å². The van der Waals surface area contributed by atoms with Crippen LogP contribution < -0.4 is 5.32 Å². The summed E-state index contributed by atoms with van der Waals surface area (Å²) in [5, 5.41) is 2.94. The molecule has 0 radical (unpaired) electrons.